The van der Waals surface area contributed by atoms with Gasteiger partial charge in [0.05, 0.1) is 11.6 Å². The average Bonchev–Trinajstić information content (AvgIpc) is 3.34. The monoisotopic (exact) mass is 437 g/mol. The molecule has 7 nitrogen and oxygen atoms in total. The summed E-state index contributed by atoms with van der Waals surface area (Å²) in [5.41, 5.74) is 7.17. The second-order valence-corrected chi connectivity index (χ2v) is 7.82. The predicted molar refractivity (Wildman–Crippen MR) is 113 cm³/mol. The summed E-state index contributed by atoms with van der Waals surface area (Å²) in [4.78, 5) is 27.3. The van der Waals surface area contributed by atoms with Crippen molar-refractivity contribution < 1.29 is 13.9 Å². The lowest BCUT2D eigenvalue weighted by Gasteiger charge is -2.27. The van der Waals surface area contributed by atoms with Gasteiger partial charge >= 0.3 is 0 Å². The number of likely N-dealkylation sites (N-methyl/N-ethyl adjacent to an activating group) is 1. The number of rotatable bonds is 3. The largest absolute Gasteiger partial charge is 0.491 e. The van der Waals surface area contributed by atoms with Crippen molar-refractivity contribution in [1.82, 2.24) is 14.9 Å². The molecule has 5 rings (SSSR count). The number of aliphatic imine (C=N–C) groups is 1. The van der Waals surface area contributed by atoms with Gasteiger partial charge in [-0.2, -0.15) is 0 Å². The summed E-state index contributed by atoms with van der Waals surface area (Å²) in [7, 11) is 1.55. The highest BCUT2D eigenvalue weighted by molar-refractivity contribution is 6.32. The van der Waals surface area contributed by atoms with E-state index in [0.29, 0.717) is 40.5 Å². The van der Waals surface area contributed by atoms with Crippen LogP contribution in [0, 0.1) is 5.82 Å². The summed E-state index contributed by atoms with van der Waals surface area (Å²) >= 11 is 6.47. The van der Waals surface area contributed by atoms with Gasteiger partial charge in [-0.05, 0) is 41.0 Å². The molecule has 1 amide bonds. The number of benzene rings is 2. The van der Waals surface area contributed by atoms with E-state index >= 15 is 0 Å². The maximum atomic E-state index is 14.7. The molecule has 0 radical (unpaired) electrons. The maximum Gasteiger partial charge on any atom is 0.266 e. The molecule has 0 bridgehead atoms. The maximum absolute atomic E-state index is 14.7. The van der Waals surface area contributed by atoms with Crippen LogP contribution < -0.4 is 10.5 Å². The number of halogens is 2. The van der Waals surface area contributed by atoms with Crippen LogP contribution >= 0.6 is 11.6 Å². The highest BCUT2D eigenvalue weighted by Crippen LogP contribution is 2.45. The summed E-state index contributed by atoms with van der Waals surface area (Å²) in [6, 6.07) is 7.94. The molecular formula is C22H17ClFN5O2. The van der Waals surface area contributed by atoms with Crippen molar-refractivity contribution in [3.63, 3.8) is 0 Å². The molecule has 0 aliphatic carbocycles. The molecule has 0 saturated heterocycles. The van der Waals surface area contributed by atoms with Gasteiger partial charge in [-0.1, -0.05) is 17.7 Å². The van der Waals surface area contributed by atoms with E-state index in [4.69, 9.17) is 22.1 Å². The Kier molecular flexibility index (Phi) is 4.40. The summed E-state index contributed by atoms with van der Waals surface area (Å²) in [5.74, 6) is -0.157. The third-order valence-corrected chi connectivity index (χ3v) is 5.93. The van der Waals surface area contributed by atoms with Crippen molar-refractivity contribution >= 4 is 23.5 Å². The molecule has 2 aromatic carbocycles. The first kappa shape index (κ1) is 19.4. The lowest BCUT2D eigenvalue weighted by molar-refractivity contribution is -0.129. The van der Waals surface area contributed by atoms with Crippen LogP contribution in [0.2, 0.25) is 5.02 Å². The average molecular weight is 438 g/mol. The van der Waals surface area contributed by atoms with E-state index in [0.717, 1.165) is 5.56 Å². The fourth-order valence-corrected chi connectivity index (χ4v) is 4.36. The van der Waals surface area contributed by atoms with Crippen molar-refractivity contribution in [3.05, 3.63) is 76.6 Å². The molecule has 2 N–H and O–H groups in total. The summed E-state index contributed by atoms with van der Waals surface area (Å²) < 4.78 is 20.3. The molecule has 2 aliphatic heterocycles. The standard InChI is InChI=1S/C22H17ClFN5O2/c1-29-20(30)22(28-21(29)25,15-6-12-4-5-31-19(12)17(23)8-15)14-2-3-18(24)16(7-14)13-9-26-11-27-10-13/h2-3,6-11H,4-5H2,1H3,(H2,25,28). The molecule has 1 atom stereocenters. The van der Waals surface area contributed by atoms with Gasteiger partial charge in [0.1, 0.15) is 17.9 Å². The van der Waals surface area contributed by atoms with Gasteiger partial charge in [0.25, 0.3) is 5.91 Å². The fourth-order valence-electron chi connectivity index (χ4n) is 4.06. The van der Waals surface area contributed by atoms with Crippen LogP contribution in [0.5, 0.6) is 5.75 Å². The Morgan fingerprint density at radius 3 is 2.68 bits per heavy atom. The molecule has 2 aliphatic rings. The Bertz CT molecular complexity index is 1250. The summed E-state index contributed by atoms with van der Waals surface area (Å²) in [5, 5.41) is 0.388. The van der Waals surface area contributed by atoms with Gasteiger partial charge in [-0.3, -0.25) is 9.69 Å². The first-order valence-corrected chi connectivity index (χ1v) is 9.94. The third kappa shape index (κ3) is 2.86. The zero-order valence-electron chi connectivity index (χ0n) is 16.5. The van der Waals surface area contributed by atoms with Crippen LogP contribution in [0.3, 0.4) is 0 Å². The van der Waals surface area contributed by atoms with Crippen molar-refractivity contribution in [1.29, 1.82) is 0 Å². The summed E-state index contributed by atoms with van der Waals surface area (Å²) in [6.45, 7) is 0.513. The van der Waals surface area contributed by atoms with Gasteiger partial charge in [-0.15, -0.1) is 0 Å². The molecule has 1 aromatic heterocycles. The zero-order chi connectivity index (χ0) is 21.8. The Balaban J connectivity index is 1.77. The minimum Gasteiger partial charge on any atom is -0.491 e. The smallest absolute Gasteiger partial charge is 0.266 e. The molecule has 31 heavy (non-hydrogen) atoms. The SMILES string of the molecule is CN1C(=O)C(c2cc(Cl)c3c(c2)CCO3)(c2ccc(F)c(-c3cncnc3)c2)N=C1N. The fraction of sp³-hybridized carbons (Fsp3) is 0.182. The number of hydrogen-bond donors (Lipinski definition) is 1. The second-order valence-electron chi connectivity index (χ2n) is 7.41. The second kappa shape index (κ2) is 7.02. The minimum atomic E-state index is -1.50. The van der Waals surface area contributed by atoms with Crippen molar-refractivity contribution in [2.75, 3.05) is 13.7 Å². The van der Waals surface area contributed by atoms with Crippen LogP contribution in [-0.2, 0) is 16.8 Å². The van der Waals surface area contributed by atoms with Crippen molar-refractivity contribution in [2.45, 2.75) is 12.0 Å². The Hall–Kier alpha value is -3.52. The van der Waals surface area contributed by atoms with E-state index in [1.807, 2.05) is 6.07 Å². The van der Waals surface area contributed by atoms with Gasteiger partial charge in [-0.25, -0.2) is 19.4 Å². The first-order valence-electron chi connectivity index (χ1n) is 9.56. The molecule has 0 fully saturated rings. The molecular weight excluding hydrogens is 421 g/mol. The van der Waals surface area contributed by atoms with Crippen molar-refractivity contribution in [2.24, 2.45) is 10.7 Å². The number of amides is 1. The van der Waals surface area contributed by atoms with Gasteiger partial charge in [0.15, 0.2) is 11.5 Å². The number of guanidine groups is 1. The molecule has 156 valence electrons. The number of carbonyl (C=O) groups is 1. The van der Waals surface area contributed by atoms with Crippen LogP contribution in [0.1, 0.15) is 16.7 Å². The van der Waals surface area contributed by atoms with Gasteiger partial charge in [0.2, 0.25) is 0 Å². The van der Waals surface area contributed by atoms with E-state index < -0.39 is 11.4 Å². The molecule has 3 heterocycles. The molecule has 0 spiro atoms. The number of fused-ring (bicyclic) bond motifs is 1. The van der Waals surface area contributed by atoms with Crippen LogP contribution in [-0.4, -0.2) is 40.4 Å². The predicted octanol–water partition coefficient (Wildman–Crippen LogP) is 2.90. The molecule has 3 aromatic rings. The number of aromatic nitrogens is 2. The Morgan fingerprint density at radius 1 is 1.19 bits per heavy atom. The van der Waals surface area contributed by atoms with Crippen LogP contribution in [0.25, 0.3) is 11.1 Å². The molecule has 1 unspecified atom stereocenters. The number of ether oxygens (including phenoxy) is 1. The van der Waals surface area contributed by atoms with E-state index in [2.05, 4.69) is 15.0 Å². The van der Waals surface area contributed by atoms with Crippen molar-refractivity contribution in [3.8, 4) is 16.9 Å². The number of carbonyl (C=O) groups excluding carboxylic acids is 1. The topological polar surface area (TPSA) is 93.7 Å². The van der Waals surface area contributed by atoms with E-state index in [1.54, 1.807) is 19.2 Å². The van der Waals surface area contributed by atoms with Gasteiger partial charge in [0, 0.05) is 37.0 Å². The van der Waals surface area contributed by atoms with Gasteiger partial charge < -0.3 is 10.5 Å². The highest BCUT2D eigenvalue weighted by Gasteiger charge is 2.50. The highest BCUT2D eigenvalue weighted by atomic mass is 35.5. The number of hydrogen-bond acceptors (Lipinski definition) is 6. The number of nitrogens with zero attached hydrogens (tertiary/aromatic N) is 4. The molecule has 0 saturated carbocycles. The Morgan fingerprint density at radius 2 is 1.97 bits per heavy atom. The quantitative estimate of drug-likeness (QED) is 0.680. The van der Waals surface area contributed by atoms with E-state index in [1.165, 1.54) is 35.8 Å². The normalized spacial score (nSPS) is 19.9. The lowest BCUT2D eigenvalue weighted by Crippen LogP contribution is -2.41. The summed E-state index contributed by atoms with van der Waals surface area (Å²) in [6.07, 6.45) is 5.04. The molecule has 9 heteroatoms. The van der Waals surface area contributed by atoms with Crippen LogP contribution in [0.15, 0.2) is 54.0 Å². The zero-order valence-corrected chi connectivity index (χ0v) is 17.2. The Labute approximate surface area is 182 Å². The first-order chi connectivity index (χ1) is 14.9. The minimum absolute atomic E-state index is 0.0618. The van der Waals surface area contributed by atoms with E-state index in [-0.39, 0.29) is 17.4 Å². The number of nitrogens with two attached hydrogens (primary N) is 1. The van der Waals surface area contributed by atoms with E-state index in [9.17, 15) is 9.18 Å². The third-order valence-electron chi connectivity index (χ3n) is 5.65. The lowest BCUT2D eigenvalue weighted by atomic mass is 9.81. The van der Waals surface area contributed by atoms with Crippen LogP contribution in [0.4, 0.5) is 4.39 Å².